The molecule has 1 heterocycles. The van der Waals surface area contributed by atoms with Gasteiger partial charge in [0, 0.05) is 28.9 Å². The Labute approximate surface area is 243 Å². The number of ether oxygens (including phenoxy) is 1. The number of nitrogens with one attached hydrogen (secondary N) is 2. The molecule has 3 aromatic rings. The van der Waals surface area contributed by atoms with Crippen LogP contribution in [0.25, 0.3) is 0 Å². The van der Waals surface area contributed by atoms with Crippen molar-refractivity contribution in [2.24, 2.45) is 0 Å². The molecule has 0 saturated carbocycles. The molecule has 206 valence electrons. The first kappa shape index (κ1) is 27.9. The lowest BCUT2D eigenvalue weighted by Gasteiger charge is -2.33. The first-order valence-corrected chi connectivity index (χ1v) is 14.4. The minimum Gasteiger partial charge on any atom is -0.489 e. The quantitative estimate of drug-likeness (QED) is 0.296. The molecule has 7 nitrogen and oxygen atoms in total. The van der Waals surface area contributed by atoms with Crippen LogP contribution < -0.4 is 15.4 Å². The third kappa shape index (κ3) is 6.59. The summed E-state index contributed by atoms with van der Waals surface area (Å²) < 4.78 is 5.93. The second-order valence-electron chi connectivity index (χ2n) is 9.90. The largest absolute Gasteiger partial charge is 0.489 e. The first-order chi connectivity index (χ1) is 19.9. The summed E-state index contributed by atoms with van der Waals surface area (Å²) in [4.78, 5) is 37.3. The lowest BCUT2D eigenvalue weighted by Crippen LogP contribution is -2.31. The molecule has 0 radical (unpaired) electrons. The molecule has 1 aliphatic heterocycles. The smallest absolute Gasteiger partial charge is 0.234 e. The summed E-state index contributed by atoms with van der Waals surface area (Å²) in [6.45, 7) is 1.93. The molecule has 0 bridgehead atoms. The number of benzene rings is 3. The fourth-order valence-electron chi connectivity index (χ4n) is 4.99. The maximum Gasteiger partial charge on any atom is 0.234 e. The maximum absolute atomic E-state index is 13.1. The zero-order valence-electron chi connectivity index (χ0n) is 22.6. The average Bonchev–Trinajstić information content (AvgIpc) is 2.99. The Morgan fingerprint density at radius 3 is 2.44 bits per heavy atom. The van der Waals surface area contributed by atoms with Crippen LogP contribution in [0.1, 0.15) is 53.6 Å². The third-order valence-electron chi connectivity index (χ3n) is 7.05. The van der Waals surface area contributed by atoms with E-state index in [2.05, 4.69) is 16.7 Å². The van der Waals surface area contributed by atoms with Gasteiger partial charge in [0.1, 0.15) is 12.4 Å². The van der Waals surface area contributed by atoms with Gasteiger partial charge in [0.05, 0.1) is 28.3 Å². The van der Waals surface area contributed by atoms with Gasteiger partial charge in [0.25, 0.3) is 0 Å². The molecule has 2 N–H and O–H groups in total. The van der Waals surface area contributed by atoms with Crippen LogP contribution in [0.3, 0.4) is 0 Å². The van der Waals surface area contributed by atoms with Crippen molar-refractivity contribution in [1.29, 1.82) is 5.26 Å². The Hall–Kier alpha value is -4.61. The molecular formula is C33H29N3O4S. The molecule has 0 unspecified atom stereocenters. The first-order valence-electron chi connectivity index (χ1n) is 13.4. The van der Waals surface area contributed by atoms with Crippen molar-refractivity contribution in [3.63, 3.8) is 0 Å². The van der Waals surface area contributed by atoms with Crippen LogP contribution in [0.2, 0.25) is 0 Å². The number of dihydropyridines is 1. The number of hydrogen-bond donors (Lipinski definition) is 2. The van der Waals surface area contributed by atoms with Crippen molar-refractivity contribution < 1.29 is 19.1 Å². The van der Waals surface area contributed by atoms with E-state index in [9.17, 15) is 19.6 Å². The monoisotopic (exact) mass is 563 g/mol. The van der Waals surface area contributed by atoms with E-state index < -0.39 is 5.92 Å². The fourth-order valence-corrected chi connectivity index (χ4v) is 5.85. The Balaban J connectivity index is 1.34. The van der Waals surface area contributed by atoms with E-state index >= 15 is 0 Å². The fraction of sp³-hybridized carbons (Fsp3) is 0.212. The predicted octanol–water partition coefficient (Wildman–Crippen LogP) is 6.27. The molecule has 1 amide bonds. The van der Waals surface area contributed by atoms with E-state index in [0.29, 0.717) is 52.6 Å². The minimum atomic E-state index is -0.517. The van der Waals surface area contributed by atoms with Crippen molar-refractivity contribution in [1.82, 2.24) is 5.32 Å². The molecule has 2 aliphatic rings. The zero-order chi connectivity index (χ0) is 28.8. The number of allylic oxidation sites excluding steroid dienone is 3. The van der Waals surface area contributed by atoms with Gasteiger partial charge in [-0.2, -0.15) is 5.26 Å². The van der Waals surface area contributed by atoms with E-state index in [0.717, 1.165) is 23.2 Å². The van der Waals surface area contributed by atoms with E-state index in [1.807, 2.05) is 54.6 Å². The van der Waals surface area contributed by atoms with E-state index in [-0.39, 0.29) is 23.2 Å². The SMILES string of the molecule is CC(=O)c1ccc(NC(=O)CSC2=C(C#N)[C@H](c3ccc(OCc4ccccc4)cc3)C3=C(CCCC3=O)N2)cc1. The lowest BCUT2D eigenvalue weighted by molar-refractivity contribution is -0.116. The number of nitrogens with zero attached hydrogens (tertiary/aromatic N) is 1. The van der Waals surface area contributed by atoms with Gasteiger partial charge in [-0.3, -0.25) is 14.4 Å². The number of amides is 1. The van der Waals surface area contributed by atoms with E-state index in [4.69, 9.17) is 4.74 Å². The molecule has 0 saturated heterocycles. The minimum absolute atomic E-state index is 0.0386. The number of ketones is 2. The predicted molar refractivity (Wildman–Crippen MR) is 159 cm³/mol. The van der Waals surface area contributed by atoms with Gasteiger partial charge in [-0.1, -0.05) is 54.2 Å². The summed E-state index contributed by atoms with van der Waals surface area (Å²) in [6, 6.07) is 26.4. The van der Waals surface area contributed by atoms with Crippen LogP contribution in [0.15, 0.2) is 101 Å². The summed E-state index contributed by atoms with van der Waals surface area (Å²) >= 11 is 1.24. The van der Waals surface area contributed by atoms with Crippen molar-refractivity contribution in [2.75, 3.05) is 11.1 Å². The third-order valence-corrected chi connectivity index (χ3v) is 8.06. The van der Waals surface area contributed by atoms with E-state index in [1.54, 1.807) is 24.3 Å². The molecule has 0 spiro atoms. The highest BCUT2D eigenvalue weighted by molar-refractivity contribution is 8.03. The molecule has 0 aromatic heterocycles. The second kappa shape index (κ2) is 12.7. The van der Waals surface area contributed by atoms with Gasteiger partial charge in [0.15, 0.2) is 11.6 Å². The Bertz CT molecular complexity index is 1570. The van der Waals surface area contributed by atoms with Crippen molar-refractivity contribution in [2.45, 2.75) is 38.7 Å². The molecule has 3 aromatic carbocycles. The topological polar surface area (TPSA) is 108 Å². The van der Waals surface area contributed by atoms with E-state index in [1.165, 1.54) is 18.7 Å². The zero-order valence-corrected chi connectivity index (χ0v) is 23.4. The number of hydrogen-bond acceptors (Lipinski definition) is 7. The number of thioether (sulfide) groups is 1. The van der Waals surface area contributed by atoms with Crippen LogP contribution in [0.4, 0.5) is 5.69 Å². The highest BCUT2D eigenvalue weighted by Gasteiger charge is 2.37. The molecule has 41 heavy (non-hydrogen) atoms. The molecule has 8 heteroatoms. The van der Waals surface area contributed by atoms with Gasteiger partial charge in [0.2, 0.25) is 5.91 Å². The van der Waals surface area contributed by atoms with Gasteiger partial charge < -0.3 is 15.4 Å². The maximum atomic E-state index is 13.1. The summed E-state index contributed by atoms with van der Waals surface area (Å²) in [5.41, 5.74) is 4.91. The lowest BCUT2D eigenvalue weighted by atomic mass is 9.77. The summed E-state index contributed by atoms with van der Waals surface area (Å²) in [7, 11) is 0. The average molecular weight is 564 g/mol. The Morgan fingerprint density at radius 2 is 1.76 bits per heavy atom. The van der Waals surface area contributed by atoms with Crippen molar-refractivity contribution in [3.8, 4) is 11.8 Å². The molecule has 1 atom stereocenters. The molecule has 5 rings (SSSR count). The van der Waals surface area contributed by atoms with Crippen LogP contribution in [-0.2, 0) is 16.2 Å². The summed E-state index contributed by atoms with van der Waals surface area (Å²) in [5, 5.41) is 17.0. The number of nitriles is 1. The van der Waals surface area contributed by atoms with Crippen LogP contribution >= 0.6 is 11.8 Å². The van der Waals surface area contributed by atoms with Crippen molar-refractivity contribution >= 4 is 34.9 Å². The molecule has 1 aliphatic carbocycles. The number of anilines is 1. The van der Waals surface area contributed by atoms with Gasteiger partial charge in [-0.25, -0.2) is 0 Å². The summed E-state index contributed by atoms with van der Waals surface area (Å²) in [6.07, 6.45) is 1.88. The Morgan fingerprint density at radius 1 is 1.02 bits per heavy atom. The van der Waals surface area contributed by atoms with Crippen molar-refractivity contribution in [3.05, 3.63) is 117 Å². The highest BCUT2D eigenvalue weighted by atomic mass is 32.2. The number of carbonyl (C=O) groups excluding carboxylic acids is 3. The van der Waals surface area contributed by atoms with Crippen LogP contribution in [0, 0.1) is 11.3 Å². The summed E-state index contributed by atoms with van der Waals surface area (Å²) in [5.74, 6) is -0.00330. The molecule has 0 fully saturated rings. The van der Waals surface area contributed by atoms with Crippen LogP contribution in [-0.4, -0.2) is 23.2 Å². The number of Topliss-reactive ketones (excluding diaryl/α,β-unsaturated/α-hetero) is 2. The van der Waals surface area contributed by atoms with Gasteiger partial charge >= 0.3 is 0 Å². The number of carbonyl (C=O) groups is 3. The molecular weight excluding hydrogens is 534 g/mol. The van der Waals surface area contributed by atoms with Gasteiger partial charge in [-0.05, 0) is 67.3 Å². The normalized spacial score (nSPS) is 16.4. The number of rotatable bonds is 9. The second-order valence-corrected chi connectivity index (χ2v) is 10.9. The standard InChI is InChI=1S/C33H29N3O4S/c1-21(37)23-10-14-25(15-11-23)35-30(39)20-41-33-27(18-34)31(32-28(36-33)8-5-9-29(32)38)24-12-16-26(17-13-24)40-19-22-6-3-2-4-7-22/h2-4,6-7,10-17,31,36H,5,8-9,19-20H2,1H3,(H,35,39)/t31-/m0/s1. The van der Waals surface area contributed by atoms with Crippen LogP contribution in [0.5, 0.6) is 5.75 Å². The van der Waals surface area contributed by atoms with Gasteiger partial charge in [-0.15, -0.1) is 0 Å². The Kier molecular flexibility index (Phi) is 8.66. The highest BCUT2D eigenvalue weighted by Crippen LogP contribution is 2.44.